The Morgan fingerprint density at radius 2 is 1.76 bits per heavy atom. The molecule has 2 aliphatic carbocycles. The highest BCUT2D eigenvalue weighted by Gasteiger charge is 2.65. The lowest BCUT2D eigenvalue weighted by molar-refractivity contribution is -0.169. The van der Waals surface area contributed by atoms with E-state index in [1.54, 1.807) is 7.11 Å². The Bertz CT molecular complexity index is 2140. The minimum atomic E-state index is -0.897. The zero-order chi connectivity index (χ0) is 37.6. The molecule has 0 spiro atoms. The largest absolute Gasteiger partial charge is 0.496 e. The van der Waals surface area contributed by atoms with Crippen molar-refractivity contribution in [2.45, 2.75) is 88.3 Å². The van der Waals surface area contributed by atoms with Gasteiger partial charge in [-0.3, -0.25) is 14.5 Å². The number of carbonyl (C=O) groups excluding carboxylic acids is 3. The van der Waals surface area contributed by atoms with E-state index in [1.165, 1.54) is 30.9 Å². The van der Waals surface area contributed by atoms with Gasteiger partial charge >= 0.3 is 11.9 Å². The fourth-order valence-electron chi connectivity index (χ4n) is 12.7. The summed E-state index contributed by atoms with van der Waals surface area (Å²) in [5, 5.41) is 2.27. The zero-order valence-corrected chi connectivity index (χ0v) is 32.4. The van der Waals surface area contributed by atoms with E-state index in [9.17, 15) is 14.4 Å². The first-order valence-electron chi connectivity index (χ1n) is 20.1. The molecule has 10 rings (SSSR count). The highest BCUT2D eigenvalue weighted by molar-refractivity contribution is 5.93. The summed E-state index contributed by atoms with van der Waals surface area (Å²) in [7, 11) is 6.94. The Kier molecular flexibility index (Phi) is 8.73. The van der Waals surface area contributed by atoms with Gasteiger partial charge in [0.2, 0.25) is 0 Å². The summed E-state index contributed by atoms with van der Waals surface area (Å²) in [5.74, 6) is 0.887. The molecule has 10 nitrogen and oxygen atoms in total. The second-order valence-electron chi connectivity index (χ2n) is 17.0. The van der Waals surface area contributed by atoms with Crippen LogP contribution in [0, 0.1) is 29.6 Å². The van der Waals surface area contributed by atoms with Gasteiger partial charge in [-0.25, -0.2) is 0 Å². The van der Waals surface area contributed by atoms with Crippen LogP contribution in [0.2, 0.25) is 0 Å². The van der Waals surface area contributed by atoms with Gasteiger partial charge < -0.3 is 33.9 Å². The number of likely N-dealkylation sites (N-methyl/N-ethyl adjacent to an activating group) is 1. The minimum absolute atomic E-state index is 0.0234. The van der Waals surface area contributed by atoms with E-state index >= 15 is 0 Å². The smallest absolute Gasteiger partial charge is 0.319 e. The third kappa shape index (κ3) is 4.87. The fourth-order valence-corrected chi connectivity index (χ4v) is 12.7. The van der Waals surface area contributed by atoms with Crippen molar-refractivity contribution in [3.63, 3.8) is 0 Å². The number of aromatic amines is 2. The normalized spacial score (nSPS) is 34.3. The summed E-state index contributed by atoms with van der Waals surface area (Å²) >= 11 is 0. The number of nitrogens with zero attached hydrogens (tertiary/aromatic N) is 2. The number of para-hydroxylation sites is 1. The van der Waals surface area contributed by atoms with Crippen molar-refractivity contribution in [3.8, 4) is 5.75 Å². The van der Waals surface area contributed by atoms with Crippen molar-refractivity contribution in [1.29, 1.82) is 0 Å². The summed E-state index contributed by atoms with van der Waals surface area (Å²) in [6.07, 6.45) is 6.79. The number of benzene rings is 2. The van der Waals surface area contributed by atoms with Crippen LogP contribution in [0.4, 0.5) is 0 Å². The molecular weight excluding hydrogens is 681 g/mol. The monoisotopic (exact) mass is 734 g/mol. The van der Waals surface area contributed by atoms with Crippen molar-refractivity contribution < 1.29 is 28.6 Å². The molecule has 54 heavy (non-hydrogen) atoms. The molecule has 2 aromatic heterocycles. The van der Waals surface area contributed by atoms with Gasteiger partial charge in [-0.15, -0.1) is 0 Å². The standard InChI is InChI=1S/C44H54N4O6/c1-7-23-15-25-20-44(43(51)54-6)40-27(13-14-48(41(23)44)36(25)22-49)29-17-30(37(52-4)19-34(29)46-40)31-16-28-24(8-2)21-47(3)35(38(28)42(50)53-5)18-32-26-11-9-10-12-33(26)45-39(31)32/h9-12,17,19,22-25,28,31,35-36,38,41,45-46H,7-8,13-16,18,20-21H2,1-6H3. The molecule has 3 saturated heterocycles. The fraction of sp³-hybridized carbons (Fsp3) is 0.568. The molecule has 2 aromatic carbocycles. The van der Waals surface area contributed by atoms with E-state index < -0.39 is 5.41 Å². The van der Waals surface area contributed by atoms with Crippen molar-refractivity contribution >= 4 is 40.0 Å². The Labute approximate surface area is 317 Å². The third-order valence-corrected chi connectivity index (χ3v) is 15.0. The molecule has 4 aromatic rings. The lowest BCUT2D eigenvalue weighted by atomic mass is 9.54. The quantitative estimate of drug-likeness (QED) is 0.172. The van der Waals surface area contributed by atoms with Crippen LogP contribution in [-0.4, -0.2) is 97.6 Å². The average Bonchev–Trinajstić information content (AvgIpc) is 3.71. The van der Waals surface area contributed by atoms with Gasteiger partial charge in [0.05, 0.1) is 33.3 Å². The third-order valence-electron chi connectivity index (χ3n) is 15.0. The van der Waals surface area contributed by atoms with Gasteiger partial charge in [0.15, 0.2) is 0 Å². The minimum Gasteiger partial charge on any atom is -0.496 e. The molecule has 0 amide bonds. The number of rotatable bonds is 7. The average molecular weight is 735 g/mol. The predicted octanol–water partition coefficient (Wildman–Crippen LogP) is 6.14. The first kappa shape index (κ1) is 35.5. The van der Waals surface area contributed by atoms with E-state index in [4.69, 9.17) is 14.2 Å². The van der Waals surface area contributed by atoms with Crippen LogP contribution < -0.4 is 4.74 Å². The van der Waals surface area contributed by atoms with Gasteiger partial charge in [0, 0.05) is 75.9 Å². The summed E-state index contributed by atoms with van der Waals surface area (Å²) < 4.78 is 17.6. The molecule has 6 aliphatic rings. The van der Waals surface area contributed by atoms with E-state index in [0.717, 1.165) is 83.9 Å². The number of hydrogen-bond donors (Lipinski definition) is 2. The highest BCUT2D eigenvalue weighted by atomic mass is 16.5. The Hall–Kier alpha value is -4.15. The van der Waals surface area contributed by atoms with Crippen LogP contribution in [0.15, 0.2) is 36.4 Å². The molecule has 11 atom stereocenters. The molecular formula is C44H54N4O6. The van der Waals surface area contributed by atoms with Crippen molar-refractivity contribution in [1.82, 2.24) is 19.8 Å². The number of fused-ring (bicyclic) bond motifs is 9. The molecule has 0 radical (unpaired) electrons. The van der Waals surface area contributed by atoms with Crippen molar-refractivity contribution in [2.75, 3.05) is 41.5 Å². The summed E-state index contributed by atoms with van der Waals surface area (Å²) in [6, 6.07) is 12.7. The zero-order valence-electron chi connectivity index (χ0n) is 32.4. The number of H-pyrrole nitrogens is 2. The van der Waals surface area contributed by atoms with Gasteiger partial charge in [-0.05, 0) is 86.1 Å². The van der Waals surface area contributed by atoms with E-state index in [0.29, 0.717) is 25.3 Å². The van der Waals surface area contributed by atoms with Crippen molar-refractivity contribution in [2.24, 2.45) is 29.6 Å². The molecule has 6 heterocycles. The second-order valence-corrected chi connectivity index (χ2v) is 17.0. The molecule has 286 valence electrons. The molecule has 6 bridgehead atoms. The first-order chi connectivity index (χ1) is 26.2. The lowest BCUT2D eigenvalue weighted by Crippen LogP contribution is -2.71. The highest BCUT2D eigenvalue weighted by Crippen LogP contribution is 2.58. The van der Waals surface area contributed by atoms with Crippen molar-refractivity contribution in [3.05, 3.63) is 64.5 Å². The number of likely N-dealkylation sites (tertiary alicyclic amines) is 1. The lowest BCUT2D eigenvalue weighted by Gasteiger charge is -2.60. The summed E-state index contributed by atoms with van der Waals surface area (Å²) in [4.78, 5) is 53.3. The van der Waals surface area contributed by atoms with E-state index in [2.05, 4.69) is 77.1 Å². The Balaban J connectivity index is 1.27. The summed E-state index contributed by atoms with van der Waals surface area (Å²) in [6.45, 7) is 6.08. The van der Waals surface area contributed by atoms with Crippen LogP contribution in [0.5, 0.6) is 5.75 Å². The molecule has 10 heteroatoms. The molecule has 4 fully saturated rings. The number of nitrogens with one attached hydrogen (secondary N) is 2. The molecule has 4 aliphatic heterocycles. The molecule has 2 N–H and O–H groups in total. The van der Waals surface area contributed by atoms with E-state index in [1.807, 2.05) is 0 Å². The van der Waals surface area contributed by atoms with Crippen LogP contribution in [0.3, 0.4) is 0 Å². The maximum absolute atomic E-state index is 14.3. The topological polar surface area (TPSA) is 117 Å². The van der Waals surface area contributed by atoms with Gasteiger partial charge in [-0.1, -0.05) is 44.9 Å². The number of esters is 2. The number of hydrogen-bond acceptors (Lipinski definition) is 8. The SMILES string of the molecule is CCC1CN(C)C2Cc3c([nH]c4ccccc34)C(c3cc4c5c([nH]c4cc3OC)C3(C(=O)OC)CC4CC(CC)C3N(CC5)C4C=O)CC1C2C(=O)OC. The summed E-state index contributed by atoms with van der Waals surface area (Å²) in [5.41, 5.74) is 6.73. The number of methoxy groups -OCH3 is 3. The van der Waals surface area contributed by atoms with Crippen LogP contribution in [0.25, 0.3) is 21.8 Å². The number of ether oxygens (including phenoxy) is 3. The number of piperidine rings is 3. The molecule has 1 saturated carbocycles. The number of aromatic nitrogens is 2. The van der Waals surface area contributed by atoms with Gasteiger partial charge in [-0.2, -0.15) is 0 Å². The number of aldehydes is 1. The molecule has 11 unspecified atom stereocenters. The maximum atomic E-state index is 14.3. The van der Waals surface area contributed by atoms with Gasteiger partial charge in [0.25, 0.3) is 0 Å². The Morgan fingerprint density at radius 1 is 0.963 bits per heavy atom. The van der Waals surface area contributed by atoms with Crippen LogP contribution >= 0.6 is 0 Å². The Morgan fingerprint density at radius 3 is 2.48 bits per heavy atom. The van der Waals surface area contributed by atoms with Crippen LogP contribution in [-0.2, 0) is 42.1 Å². The number of carbonyl (C=O) groups is 3. The second kappa shape index (κ2) is 13.3. The maximum Gasteiger partial charge on any atom is 0.319 e. The first-order valence-corrected chi connectivity index (χ1v) is 20.1. The van der Waals surface area contributed by atoms with Crippen LogP contribution in [0.1, 0.15) is 79.9 Å². The van der Waals surface area contributed by atoms with E-state index in [-0.39, 0.29) is 59.7 Å². The van der Waals surface area contributed by atoms with Gasteiger partial charge in [0.1, 0.15) is 17.5 Å². The predicted molar refractivity (Wildman–Crippen MR) is 207 cm³/mol.